The smallest absolute Gasteiger partial charge is 0.306 e. The van der Waals surface area contributed by atoms with Crippen molar-refractivity contribution in [1.82, 2.24) is 14.7 Å². The number of hydrogen-bond donors (Lipinski definition) is 0. The zero-order valence-electron chi connectivity index (χ0n) is 13.3. The fourth-order valence-electron chi connectivity index (χ4n) is 2.69. The molecule has 1 aliphatic heterocycles. The lowest BCUT2D eigenvalue weighted by molar-refractivity contribution is -0.385. The number of rotatable bonds is 5. The van der Waals surface area contributed by atoms with Crippen LogP contribution in [-0.2, 0) is 16.1 Å². The number of nitrogens with zero attached hydrogens (tertiary/aromatic N) is 4. The van der Waals surface area contributed by atoms with Crippen LogP contribution in [0.4, 0.5) is 5.69 Å². The molecule has 0 N–H and O–H groups in total. The van der Waals surface area contributed by atoms with E-state index >= 15 is 0 Å². The van der Waals surface area contributed by atoms with Crippen LogP contribution < -0.4 is 0 Å². The molecule has 9 heteroatoms. The van der Waals surface area contributed by atoms with Crippen LogP contribution in [0.2, 0.25) is 0 Å². The molecule has 0 radical (unpaired) electrons. The number of aromatic nitrogens is 2. The fraction of sp³-hybridized carbons (Fsp3) is 0.467. The van der Waals surface area contributed by atoms with Gasteiger partial charge in [0.25, 0.3) is 0 Å². The van der Waals surface area contributed by atoms with Crippen LogP contribution in [0.1, 0.15) is 24.0 Å². The van der Waals surface area contributed by atoms with E-state index in [4.69, 9.17) is 9.15 Å². The third kappa shape index (κ3) is 3.46. The Kier molecular flexibility index (Phi) is 4.61. The zero-order chi connectivity index (χ0) is 17.1. The molecule has 1 fully saturated rings. The summed E-state index contributed by atoms with van der Waals surface area (Å²) in [5.41, 5.74) is -0.0854. The van der Waals surface area contributed by atoms with E-state index in [1.54, 1.807) is 4.90 Å². The number of morpholine rings is 1. The van der Waals surface area contributed by atoms with Gasteiger partial charge in [0.15, 0.2) is 0 Å². The van der Waals surface area contributed by atoms with Crippen LogP contribution in [0.5, 0.6) is 0 Å². The summed E-state index contributed by atoms with van der Waals surface area (Å²) < 4.78 is 12.5. The number of nitro groups is 1. The van der Waals surface area contributed by atoms with Gasteiger partial charge in [-0.2, -0.15) is 5.10 Å². The summed E-state index contributed by atoms with van der Waals surface area (Å²) in [5.74, 6) is 1.43. The van der Waals surface area contributed by atoms with Gasteiger partial charge in [-0.1, -0.05) is 0 Å². The zero-order valence-corrected chi connectivity index (χ0v) is 13.3. The molecule has 128 valence electrons. The lowest BCUT2D eigenvalue weighted by atomic mass is 10.1. The Morgan fingerprint density at radius 3 is 3.00 bits per heavy atom. The van der Waals surface area contributed by atoms with Gasteiger partial charge in [0.05, 0.1) is 18.1 Å². The van der Waals surface area contributed by atoms with Gasteiger partial charge in [-0.3, -0.25) is 19.6 Å². The summed E-state index contributed by atoms with van der Waals surface area (Å²) in [6.07, 6.45) is 2.70. The van der Waals surface area contributed by atoms with Crippen LogP contribution in [0.15, 0.2) is 28.9 Å². The minimum absolute atomic E-state index is 0.0597. The van der Waals surface area contributed by atoms with Crippen LogP contribution in [-0.4, -0.2) is 45.3 Å². The molecule has 3 rings (SSSR count). The Morgan fingerprint density at radius 2 is 2.33 bits per heavy atom. The number of ether oxygens (including phenoxy) is 1. The number of amides is 1. The van der Waals surface area contributed by atoms with Crippen LogP contribution in [0.25, 0.3) is 0 Å². The molecular formula is C15H18N4O5. The van der Waals surface area contributed by atoms with Gasteiger partial charge in [-0.15, -0.1) is 0 Å². The summed E-state index contributed by atoms with van der Waals surface area (Å²) >= 11 is 0. The Balaban J connectivity index is 1.64. The van der Waals surface area contributed by atoms with Crippen molar-refractivity contribution in [1.29, 1.82) is 0 Å². The molecule has 2 aromatic rings. The molecule has 0 bridgehead atoms. The van der Waals surface area contributed by atoms with E-state index in [9.17, 15) is 14.9 Å². The second kappa shape index (κ2) is 6.83. The summed E-state index contributed by atoms with van der Waals surface area (Å²) in [5, 5.41) is 14.6. The number of hydrogen-bond acceptors (Lipinski definition) is 6. The number of carbonyl (C=O) groups is 1. The second-order valence-corrected chi connectivity index (χ2v) is 5.59. The van der Waals surface area contributed by atoms with Crippen molar-refractivity contribution in [2.75, 3.05) is 19.8 Å². The molecule has 0 aromatic carbocycles. The molecule has 1 saturated heterocycles. The van der Waals surface area contributed by atoms with Crippen molar-refractivity contribution in [2.45, 2.75) is 25.9 Å². The highest BCUT2D eigenvalue weighted by Crippen LogP contribution is 2.26. The first-order chi connectivity index (χ1) is 11.5. The molecule has 0 saturated carbocycles. The average Bonchev–Trinajstić information content (AvgIpc) is 3.21. The molecule has 0 aliphatic carbocycles. The molecule has 2 aromatic heterocycles. The van der Waals surface area contributed by atoms with Crippen LogP contribution in [0.3, 0.4) is 0 Å². The Labute approximate surface area is 137 Å². The van der Waals surface area contributed by atoms with Crippen molar-refractivity contribution in [3.63, 3.8) is 0 Å². The van der Waals surface area contributed by atoms with Crippen molar-refractivity contribution >= 4 is 11.6 Å². The second-order valence-electron chi connectivity index (χ2n) is 5.59. The van der Waals surface area contributed by atoms with E-state index in [1.807, 2.05) is 19.1 Å². The quantitative estimate of drug-likeness (QED) is 0.609. The minimum Gasteiger partial charge on any atom is -0.464 e. The van der Waals surface area contributed by atoms with Gasteiger partial charge in [0.1, 0.15) is 30.0 Å². The van der Waals surface area contributed by atoms with E-state index in [0.717, 1.165) is 5.76 Å². The predicted octanol–water partition coefficient (Wildman–Crippen LogP) is 1.68. The molecule has 1 aliphatic rings. The van der Waals surface area contributed by atoms with Crippen molar-refractivity contribution < 1.29 is 18.9 Å². The van der Waals surface area contributed by atoms with E-state index in [1.165, 1.54) is 17.1 Å². The fourth-order valence-corrected chi connectivity index (χ4v) is 2.69. The summed E-state index contributed by atoms with van der Waals surface area (Å²) in [6, 6.07) is 3.47. The summed E-state index contributed by atoms with van der Waals surface area (Å²) in [4.78, 5) is 24.4. The molecule has 24 heavy (non-hydrogen) atoms. The van der Waals surface area contributed by atoms with Crippen molar-refractivity contribution in [3.05, 3.63) is 46.2 Å². The highest BCUT2D eigenvalue weighted by Gasteiger charge is 2.30. The Bertz CT molecular complexity index is 738. The molecule has 1 atom stereocenters. The van der Waals surface area contributed by atoms with Gasteiger partial charge < -0.3 is 14.1 Å². The largest absolute Gasteiger partial charge is 0.464 e. The lowest BCUT2D eigenvalue weighted by Gasteiger charge is -2.34. The van der Waals surface area contributed by atoms with Crippen molar-refractivity contribution in [3.8, 4) is 0 Å². The number of furan rings is 1. The summed E-state index contributed by atoms with van der Waals surface area (Å²) in [6.45, 7) is 3.50. The van der Waals surface area contributed by atoms with Gasteiger partial charge in [0, 0.05) is 19.5 Å². The summed E-state index contributed by atoms with van der Waals surface area (Å²) in [7, 11) is 0. The molecule has 0 unspecified atom stereocenters. The minimum atomic E-state index is -0.511. The van der Waals surface area contributed by atoms with E-state index in [-0.39, 0.29) is 30.6 Å². The molecule has 9 nitrogen and oxygen atoms in total. The first-order valence-electron chi connectivity index (χ1n) is 7.65. The Morgan fingerprint density at radius 1 is 1.50 bits per heavy atom. The maximum absolute atomic E-state index is 12.6. The lowest BCUT2D eigenvalue weighted by Crippen LogP contribution is -2.43. The number of carbonyl (C=O) groups excluding carboxylic acids is 1. The highest BCUT2D eigenvalue weighted by atomic mass is 16.6. The average molecular weight is 334 g/mol. The first kappa shape index (κ1) is 16.2. The van der Waals surface area contributed by atoms with Gasteiger partial charge >= 0.3 is 5.69 Å². The normalized spacial score (nSPS) is 17.9. The highest BCUT2D eigenvalue weighted by molar-refractivity contribution is 5.76. The van der Waals surface area contributed by atoms with Crippen LogP contribution in [0, 0.1) is 17.0 Å². The maximum Gasteiger partial charge on any atom is 0.306 e. The molecule has 1 amide bonds. The van der Waals surface area contributed by atoms with Gasteiger partial charge in [-0.05, 0) is 19.1 Å². The van der Waals surface area contributed by atoms with E-state index in [2.05, 4.69) is 5.10 Å². The van der Waals surface area contributed by atoms with Crippen LogP contribution >= 0.6 is 0 Å². The standard InChI is InChI=1S/C15H18N4O5/c1-11-2-3-14(24-11)13-10-23-7-6-18(13)15(20)4-5-17-9-12(8-16-17)19(21)22/h2-3,8-9,13H,4-7,10H2,1H3/t13-/m1/s1. The third-order valence-corrected chi connectivity index (χ3v) is 3.92. The Hall–Kier alpha value is -2.68. The molecular weight excluding hydrogens is 316 g/mol. The predicted molar refractivity (Wildman–Crippen MR) is 82.2 cm³/mol. The van der Waals surface area contributed by atoms with Gasteiger partial charge in [-0.25, -0.2) is 0 Å². The molecule has 3 heterocycles. The SMILES string of the molecule is Cc1ccc([C@H]2COCCN2C(=O)CCn2cc([N+](=O)[O-])cn2)o1. The topological polar surface area (TPSA) is 104 Å². The van der Waals surface area contributed by atoms with E-state index in [0.29, 0.717) is 25.5 Å². The van der Waals surface area contributed by atoms with E-state index < -0.39 is 4.92 Å². The first-order valence-corrected chi connectivity index (χ1v) is 7.65. The maximum atomic E-state index is 12.6. The van der Waals surface area contributed by atoms with Gasteiger partial charge in [0.2, 0.25) is 5.91 Å². The third-order valence-electron chi connectivity index (χ3n) is 3.92. The monoisotopic (exact) mass is 334 g/mol. The van der Waals surface area contributed by atoms with Crippen molar-refractivity contribution in [2.24, 2.45) is 0 Å². The number of aryl methyl sites for hydroxylation is 2. The molecule has 0 spiro atoms.